The highest BCUT2D eigenvalue weighted by atomic mass is 16.5. The molecule has 0 aromatic heterocycles. The summed E-state index contributed by atoms with van der Waals surface area (Å²) in [7, 11) is 1.60. The lowest BCUT2D eigenvalue weighted by molar-refractivity contribution is -0.135. The lowest BCUT2D eigenvalue weighted by Crippen LogP contribution is -2.46. The Morgan fingerprint density at radius 1 is 1.47 bits per heavy atom. The van der Waals surface area contributed by atoms with E-state index in [-0.39, 0.29) is 17.9 Å². The summed E-state index contributed by atoms with van der Waals surface area (Å²) >= 11 is 0. The van der Waals surface area contributed by atoms with Crippen molar-refractivity contribution in [1.82, 2.24) is 10.2 Å². The van der Waals surface area contributed by atoms with Crippen molar-refractivity contribution in [3.05, 3.63) is 0 Å². The third-order valence-electron chi connectivity index (χ3n) is 2.58. The third kappa shape index (κ3) is 2.92. The molecule has 0 aromatic rings. The predicted octanol–water partition coefficient (Wildman–Crippen LogP) is -0.242. The van der Waals surface area contributed by atoms with Crippen molar-refractivity contribution < 1.29 is 14.3 Å². The number of hydrogen-bond acceptors (Lipinski definition) is 3. The van der Waals surface area contributed by atoms with Crippen molar-refractivity contribution in [2.45, 2.75) is 32.4 Å². The van der Waals surface area contributed by atoms with Crippen molar-refractivity contribution in [1.29, 1.82) is 0 Å². The number of carbonyl (C=O) groups excluding carboxylic acids is 2. The maximum absolute atomic E-state index is 11.9. The summed E-state index contributed by atoms with van der Waals surface area (Å²) in [5.41, 5.74) is 0. The Kier molecular flexibility index (Phi) is 4.08. The first-order valence-electron chi connectivity index (χ1n) is 5.15. The summed E-state index contributed by atoms with van der Waals surface area (Å²) in [5, 5.41) is 2.66. The normalized spacial score (nSPS) is 27.5. The van der Waals surface area contributed by atoms with E-state index < -0.39 is 6.04 Å². The van der Waals surface area contributed by atoms with E-state index in [1.54, 1.807) is 18.9 Å². The molecule has 15 heavy (non-hydrogen) atoms. The highest BCUT2D eigenvalue weighted by Crippen LogP contribution is 2.10. The van der Waals surface area contributed by atoms with E-state index in [1.807, 2.05) is 6.92 Å². The average molecular weight is 214 g/mol. The second kappa shape index (κ2) is 5.11. The van der Waals surface area contributed by atoms with Crippen LogP contribution in [0.1, 0.15) is 20.3 Å². The van der Waals surface area contributed by atoms with E-state index in [4.69, 9.17) is 4.74 Å². The summed E-state index contributed by atoms with van der Waals surface area (Å²) in [4.78, 5) is 24.9. The van der Waals surface area contributed by atoms with E-state index in [0.29, 0.717) is 19.6 Å². The Hall–Kier alpha value is -1.10. The summed E-state index contributed by atoms with van der Waals surface area (Å²) in [6.45, 7) is 4.62. The SMILES string of the molecule is COCCN1C(=O)C(C)NC(=O)CC1C. The molecule has 0 aliphatic carbocycles. The van der Waals surface area contributed by atoms with Gasteiger partial charge in [-0.3, -0.25) is 9.59 Å². The zero-order valence-electron chi connectivity index (χ0n) is 9.45. The number of rotatable bonds is 3. The van der Waals surface area contributed by atoms with Gasteiger partial charge in [-0.25, -0.2) is 0 Å². The predicted molar refractivity (Wildman–Crippen MR) is 55.3 cm³/mol. The molecule has 5 nitrogen and oxygen atoms in total. The van der Waals surface area contributed by atoms with Gasteiger partial charge in [0.2, 0.25) is 11.8 Å². The molecule has 1 fully saturated rings. The molecule has 2 amide bonds. The average Bonchev–Trinajstić information content (AvgIpc) is 2.24. The molecule has 0 spiro atoms. The van der Waals surface area contributed by atoms with E-state index in [0.717, 1.165) is 0 Å². The van der Waals surface area contributed by atoms with E-state index in [1.165, 1.54) is 0 Å². The Morgan fingerprint density at radius 2 is 2.13 bits per heavy atom. The Balaban J connectivity index is 2.71. The fourth-order valence-electron chi connectivity index (χ4n) is 1.73. The fraction of sp³-hybridized carbons (Fsp3) is 0.800. The molecular weight excluding hydrogens is 196 g/mol. The molecule has 1 heterocycles. The third-order valence-corrected chi connectivity index (χ3v) is 2.58. The molecule has 86 valence electrons. The van der Waals surface area contributed by atoms with Crippen molar-refractivity contribution in [2.24, 2.45) is 0 Å². The molecule has 5 heteroatoms. The van der Waals surface area contributed by atoms with Gasteiger partial charge in [-0.2, -0.15) is 0 Å². The molecule has 2 unspecified atom stereocenters. The summed E-state index contributed by atoms with van der Waals surface area (Å²) in [6, 6.07) is -0.489. The van der Waals surface area contributed by atoms with Crippen LogP contribution >= 0.6 is 0 Å². The zero-order chi connectivity index (χ0) is 11.4. The van der Waals surface area contributed by atoms with Gasteiger partial charge in [0, 0.05) is 26.1 Å². The molecule has 1 N–H and O–H groups in total. The van der Waals surface area contributed by atoms with Crippen LogP contribution in [0.3, 0.4) is 0 Å². The molecule has 0 bridgehead atoms. The van der Waals surface area contributed by atoms with Crippen molar-refractivity contribution in [3.8, 4) is 0 Å². The lowest BCUT2D eigenvalue weighted by Gasteiger charge is -2.27. The maximum atomic E-state index is 11.9. The van der Waals surface area contributed by atoms with Crippen LogP contribution in [0.2, 0.25) is 0 Å². The van der Waals surface area contributed by atoms with Crippen molar-refractivity contribution in [2.75, 3.05) is 20.3 Å². The second-order valence-corrected chi connectivity index (χ2v) is 3.87. The number of amides is 2. The monoisotopic (exact) mass is 214 g/mol. The summed E-state index contributed by atoms with van der Waals surface area (Å²) in [6.07, 6.45) is 0.361. The number of nitrogens with zero attached hydrogens (tertiary/aromatic N) is 1. The van der Waals surface area contributed by atoms with Gasteiger partial charge in [0.05, 0.1) is 6.61 Å². The van der Waals surface area contributed by atoms with Crippen LogP contribution in [0.25, 0.3) is 0 Å². The first-order valence-corrected chi connectivity index (χ1v) is 5.15. The molecular formula is C10H18N2O3. The van der Waals surface area contributed by atoms with E-state index >= 15 is 0 Å². The summed E-state index contributed by atoms with van der Waals surface area (Å²) in [5.74, 6) is -0.103. The van der Waals surface area contributed by atoms with Crippen LogP contribution in [-0.4, -0.2) is 49.1 Å². The minimum Gasteiger partial charge on any atom is -0.383 e. The van der Waals surface area contributed by atoms with Crippen LogP contribution in [0, 0.1) is 0 Å². The summed E-state index contributed by atoms with van der Waals surface area (Å²) < 4.78 is 4.94. The van der Waals surface area contributed by atoms with Gasteiger partial charge < -0.3 is 15.0 Å². The zero-order valence-corrected chi connectivity index (χ0v) is 9.45. The molecule has 1 saturated heterocycles. The van der Waals surface area contributed by atoms with Crippen LogP contribution in [0.4, 0.5) is 0 Å². The van der Waals surface area contributed by atoms with Gasteiger partial charge in [0.1, 0.15) is 6.04 Å². The Labute approximate surface area is 89.8 Å². The number of carbonyl (C=O) groups is 2. The smallest absolute Gasteiger partial charge is 0.245 e. The van der Waals surface area contributed by atoms with Crippen LogP contribution < -0.4 is 5.32 Å². The molecule has 0 aromatic carbocycles. The first-order chi connectivity index (χ1) is 7.06. The van der Waals surface area contributed by atoms with Gasteiger partial charge in [0.25, 0.3) is 0 Å². The van der Waals surface area contributed by atoms with Crippen molar-refractivity contribution in [3.63, 3.8) is 0 Å². The number of hydrogen-bond donors (Lipinski definition) is 1. The topological polar surface area (TPSA) is 58.6 Å². The van der Waals surface area contributed by atoms with Crippen LogP contribution in [-0.2, 0) is 14.3 Å². The maximum Gasteiger partial charge on any atom is 0.245 e. The quantitative estimate of drug-likeness (QED) is 0.705. The largest absolute Gasteiger partial charge is 0.383 e. The van der Waals surface area contributed by atoms with Crippen molar-refractivity contribution >= 4 is 11.8 Å². The van der Waals surface area contributed by atoms with E-state index in [2.05, 4.69) is 5.32 Å². The van der Waals surface area contributed by atoms with Gasteiger partial charge >= 0.3 is 0 Å². The molecule has 1 rings (SSSR count). The number of methoxy groups -OCH3 is 1. The van der Waals surface area contributed by atoms with Gasteiger partial charge in [-0.05, 0) is 13.8 Å². The Bertz CT molecular complexity index is 255. The Morgan fingerprint density at radius 3 is 2.73 bits per heavy atom. The molecule has 1 aliphatic heterocycles. The van der Waals surface area contributed by atoms with Crippen LogP contribution in [0.15, 0.2) is 0 Å². The van der Waals surface area contributed by atoms with Crippen LogP contribution in [0.5, 0.6) is 0 Å². The highest BCUT2D eigenvalue weighted by molar-refractivity contribution is 5.90. The standard InChI is InChI=1S/C10H18N2O3/c1-7-6-9(13)11-8(2)10(14)12(7)4-5-15-3/h7-8H,4-6H2,1-3H3,(H,11,13). The number of ether oxygens (including phenoxy) is 1. The number of nitrogens with one attached hydrogen (secondary N) is 1. The van der Waals surface area contributed by atoms with E-state index in [9.17, 15) is 9.59 Å². The molecule has 2 atom stereocenters. The van der Waals surface area contributed by atoms with Gasteiger partial charge in [-0.15, -0.1) is 0 Å². The molecule has 0 saturated carbocycles. The molecule has 0 radical (unpaired) electrons. The van der Waals surface area contributed by atoms with Gasteiger partial charge in [0.15, 0.2) is 0 Å². The minimum absolute atomic E-state index is 0.0367. The second-order valence-electron chi connectivity index (χ2n) is 3.87. The first kappa shape index (κ1) is 12.0. The highest BCUT2D eigenvalue weighted by Gasteiger charge is 2.30. The lowest BCUT2D eigenvalue weighted by atomic mass is 10.2. The van der Waals surface area contributed by atoms with Gasteiger partial charge in [-0.1, -0.05) is 0 Å². The fourth-order valence-corrected chi connectivity index (χ4v) is 1.73. The molecule has 1 aliphatic rings. The minimum atomic E-state index is -0.431.